The number of nitrogens with two attached hydrogens (primary N) is 1. The second-order valence-electron chi connectivity index (χ2n) is 3.50. The van der Waals surface area contributed by atoms with E-state index in [9.17, 15) is 4.79 Å². The van der Waals surface area contributed by atoms with Crippen LogP contribution in [0.5, 0.6) is 0 Å². The molecule has 0 aliphatic carbocycles. The molecule has 4 heteroatoms. The molecular formula is C9H18N2O2. The summed E-state index contributed by atoms with van der Waals surface area (Å²) in [5.41, 5.74) is 4.98. The van der Waals surface area contributed by atoms with E-state index in [0.29, 0.717) is 18.9 Å². The third kappa shape index (κ3) is 4.85. The zero-order valence-electron chi connectivity index (χ0n) is 7.92. The third-order valence-electron chi connectivity index (χ3n) is 2.25. The highest BCUT2D eigenvalue weighted by molar-refractivity contribution is 5.73. The SMILES string of the molecule is NC(=O)CCOCC1CCCNC1. The van der Waals surface area contributed by atoms with Crippen molar-refractivity contribution in [1.29, 1.82) is 0 Å². The van der Waals surface area contributed by atoms with Gasteiger partial charge in [0.2, 0.25) is 5.91 Å². The van der Waals surface area contributed by atoms with Crippen LogP contribution in [0.2, 0.25) is 0 Å². The molecule has 1 atom stereocenters. The number of carbonyl (C=O) groups is 1. The molecule has 1 aliphatic rings. The molecule has 0 aromatic carbocycles. The van der Waals surface area contributed by atoms with Crippen LogP contribution in [0.3, 0.4) is 0 Å². The van der Waals surface area contributed by atoms with Gasteiger partial charge in [-0.15, -0.1) is 0 Å². The fourth-order valence-corrected chi connectivity index (χ4v) is 1.49. The molecule has 0 aromatic heterocycles. The smallest absolute Gasteiger partial charge is 0.219 e. The van der Waals surface area contributed by atoms with E-state index in [1.54, 1.807) is 0 Å². The second kappa shape index (κ2) is 5.94. The van der Waals surface area contributed by atoms with E-state index in [0.717, 1.165) is 19.7 Å². The Kier molecular flexibility index (Phi) is 4.78. The van der Waals surface area contributed by atoms with Gasteiger partial charge in [-0.2, -0.15) is 0 Å². The predicted molar refractivity (Wildman–Crippen MR) is 50.2 cm³/mol. The number of hydrogen-bond acceptors (Lipinski definition) is 3. The summed E-state index contributed by atoms with van der Waals surface area (Å²) < 4.78 is 5.34. The van der Waals surface area contributed by atoms with Crippen LogP contribution in [-0.2, 0) is 9.53 Å². The van der Waals surface area contributed by atoms with Crippen molar-refractivity contribution in [3.63, 3.8) is 0 Å². The highest BCUT2D eigenvalue weighted by atomic mass is 16.5. The summed E-state index contributed by atoms with van der Waals surface area (Å²) >= 11 is 0. The van der Waals surface area contributed by atoms with Gasteiger partial charge in [-0.3, -0.25) is 4.79 Å². The van der Waals surface area contributed by atoms with Crippen molar-refractivity contribution in [3.8, 4) is 0 Å². The lowest BCUT2D eigenvalue weighted by atomic mass is 10.0. The highest BCUT2D eigenvalue weighted by Crippen LogP contribution is 2.09. The Hall–Kier alpha value is -0.610. The molecular weight excluding hydrogens is 168 g/mol. The molecule has 1 amide bonds. The van der Waals surface area contributed by atoms with E-state index in [-0.39, 0.29) is 5.91 Å². The van der Waals surface area contributed by atoms with Gasteiger partial charge in [0.1, 0.15) is 0 Å². The molecule has 0 bridgehead atoms. The highest BCUT2D eigenvalue weighted by Gasteiger charge is 2.12. The topological polar surface area (TPSA) is 64.4 Å². The van der Waals surface area contributed by atoms with Crippen LogP contribution in [0.1, 0.15) is 19.3 Å². The van der Waals surface area contributed by atoms with Gasteiger partial charge in [0, 0.05) is 13.0 Å². The first kappa shape index (κ1) is 10.5. The largest absolute Gasteiger partial charge is 0.381 e. The molecule has 4 nitrogen and oxygen atoms in total. The van der Waals surface area contributed by atoms with Crippen molar-refractivity contribution in [1.82, 2.24) is 5.32 Å². The van der Waals surface area contributed by atoms with E-state index >= 15 is 0 Å². The predicted octanol–water partition coefficient (Wildman–Crippen LogP) is -0.122. The number of piperidine rings is 1. The summed E-state index contributed by atoms with van der Waals surface area (Å²) in [6.45, 7) is 3.38. The van der Waals surface area contributed by atoms with Gasteiger partial charge in [0.15, 0.2) is 0 Å². The van der Waals surface area contributed by atoms with Crippen LogP contribution < -0.4 is 11.1 Å². The van der Waals surface area contributed by atoms with Crippen LogP contribution in [0.4, 0.5) is 0 Å². The van der Waals surface area contributed by atoms with Gasteiger partial charge in [-0.25, -0.2) is 0 Å². The number of primary amides is 1. The minimum Gasteiger partial charge on any atom is -0.381 e. The lowest BCUT2D eigenvalue weighted by molar-refractivity contribution is -0.119. The van der Waals surface area contributed by atoms with Crippen molar-refractivity contribution in [3.05, 3.63) is 0 Å². The Morgan fingerprint density at radius 2 is 2.46 bits per heavy atom. The van der Waals surface area contributed by atoms with Crippen LogP contribution in [-0.4, -0.2) is 32.2 Å². The molecule has 0 aromatic rings. The van der Waals surface area contributed by atoms with Crippen molar-refractivity contribution >= 4 is 5.91 Å². The van der Waals surface area contributed by atoms with Gasteiger partial charge in [0.25, 0.3) is 0 Å². The quantitative estimate of drug-likeness (QED) is 0.588. The van der Waals surface area contributed by atoms with E-state index in [1.807, 2.05) is 0 Å². The van der Waals surface area contributed by atoms with Gasteiger partial charge in [-0.1, -0.05) is 0 Å². The summed E-state index contributed by atoms with van der Waals surface area (Å²) in [6.07, 6.45) is 2.79. The number of ether oxygens (including phenoxy) is 1. The van der Waals surface area contributed by atoms with E-state index < -0.39 is 0 Å². The maximum Gasteiger partial charge on any atom is 0.219 e. The third-order valence-corrected chi connectivity index (χ3v) is 2.25. The first-order valence-corrected chi connectivity index (χ1v) is 4.86. The summed E-state index contributed by atoms with van der Waals surface area (Å²) in [6, 6.07) is 0. The minimum absolute atomic E-state index is 0.290. The molecule has 1 fully saturated rings. The molecule has 76 valence electrons. The van der Waals surface area contributed by atoms with E-state index in [1.165, 1.54) is 12.8 Å². The number of hydrogen-bond donors (Lipinski definition) is 2. The maximum absolute atomic E-state index is 10.4. The average molecular weight is 186 g/mol. The lowest BCUT2D eigenvalue weighted by Crippen LogP contribution is -2.32. The molecule has 3 N–H and O–H groups in total. The second-order valence-corrected chi connectivity index (χ2v) is 3.50. The van der Waals surface area contributed by atoms with Crippen LogP contribution >= 0.6 is 0 Å². The summed E-state index contributed by atoms with van der Waals surface area (Å²) in [5.74, 6) is 0.323. The summed E-state index contributed by atoms with van der Waals surface area (Å²) in [5, 5.41) is 3.31. The molecule has 0 spiro atoms. The Bertz CT molecular complexity index is 156. The Labute approximate surface area is 78.8 Å². The van der Waals surface area contributed by atoms with Gasteiger partial charge in [-0.05, 0) is 25.3 Å². The number of nitrogens with one attached hydrogen (secondary N) is 1. The molecule has 1 unspecified atom stereocenters. The fraction of sp³-hybridized carbons (Fsp3) is 0.889. The van der Waals surface area contributed by atoms with Crippen molar-refractivity contribution in [2.24, 2.45) is 11.7 Å². The lowest BCUT2D eigenvalue weighted by Gasteiger charge is -2.22. The van der Waals surface area contributed by atoms with Crippen molar-refractivity contribution < 1.29 is 9.53 Å². The molecule has 0 saturated carbocycles. The van der Waals surface area contributed by atoms with Gasteiger partial charge in [0.05, 0.1) is 13.2 Å². The Morgan fingerprint density at radius 3 is 3.08 bits per heavy atom. The zero-order valence-corrected chi connectivity index (χ0v) is 7.92. The minimum atomic E-state index is -0.290. The monoisotopic (exact) mass is 186 g/mol. The van der Waals surface area contributed by atoms with Gasteiger partial charge < -0.3 is 15.8 Å². The maximum atomic E-state index is 10.4. The number of rotatable bonds is 5. The molecule has 1 saturated heterocycles. The normalized spacial score (nSPS) is 22.9. The van der Waals surface area contributed by atoms with Crippen LogP contribution in [0, 0.1) is 5.92 Å². The van der Waals surface area contributed by atoms with Crippen LogP contribution in [0.15, 0.2) is 0 Å². The fourth-order valence-electron chi connectivity index (χ4n) is 1.49. The number of carbonyl (C=O) groups excluding carboxylic acids is 1. The molecule has 1 aliphatic heterocycles. The first-order valence-electron chi connectivity index (χ1n) is 4.86. The zero-order chi connectivity index (χ0) is 9.52. The molecule has 0 radical (unpaired) electrons. The van der Waals surface area contributed by atoms with E-state index in [2.05, 4.69) is 5.32 Å². The average Bonchev–Trinajstić information content (AvgIpc) is 2.14. The number of amides is 1. The summed E-state index contributed by atoms with van der Waals surface area (Å²) in [4.78, 5) is 10.4. The van der Waals surface area contributed by atoms with Crippen LogP contribution in [0.25, 0.3) is 0 Å². The molecule has 1 rings (SSSR count). The molecule has 13 heavy (non-hydrogen) atoms. The van der Waals surface area contributed by atoms with E-state index in [4.69, 9.17) is 10.5 Å². The summed E-state index contributed by atoms with van der Waals surface area (Å²) in [7, 11) is 0. The molecule has 1 heterocycles. The van der Waals surface area contributed by atoms with Crippen molar-refractivity contribution in [2.45, 2.75) is 19.3 Å². The van der Waals surface area contributed by atoms with Gasteiger partial charge >= 0.3 is 0 Å². The van der Waals surface area contributed by atoms with Crippen molar-refractivity contribution in [2.75, 3.05) is 26.3 Å². The standard InChI is InChI=1S/C9H18N2O2/c10-9(12)3-5-13-7-8-2-1-4-11-6-8/h8,11H,1-7H2,(H2,10,12). The Balaban J connectivity index is 1.95. The Morgan fingerprint density at radius 1 is 1.62 bits per heavy atom. The first-order chi connectivity index (χ1) is 6.29.